The van der Waals surface area contributed by atoms with Gasteiger partial charge in [0, 0.05) is 23.4 Å². The maximum absolute atomic E-state index is 9.08. The van der Waals surface area contributed by atoms with E-state index in [1.807, 2.05) is 48.5 Å². The van der Waals surface area contributed by atoms with Crippen molar-refractivity contribution in [3.8, 4) is 17.3 Å². The summed E-state index contributed by atoms with van der Waals surface area (Å²) in [5.41, 5.74) is 3.28. The van der Waals surface area contributed by atoms with Gasteiger partial charge in [0.05, 0.1) is 17.3 Å². The summed E-state index contributed by atoms with van der Waals surface area (Å²) in [6.45, 7) is 4.22. The highest BCUT2D eigenvalue weighted by molar-refractivity contribution is 5.67. The zero-order chi connectivity index (χ0) is 18.4. The van der Waals surface area contributed by atoms with Gasteiger partial charge in [0.2, 0.25) is 5.95 Å². The molecule has 3 rings (SSSR count). The molecule has 0 saturated carbocycles. The molecule has 5 nitrogen and oxygen atoms in total. The molecule has 1 atom stereocenters. The SMILES string of the molecule is CCC(C)Nc1nc(Nc2cccc(C#N)c2)cc(-c2ccccc2)n1. The molecule has 0 bridgehead atoms. The number of nitrogens with one attached hydrogen (secondary N) is 2. The van der Waals surface area contributed by atoms with E-state index in [1.165, 1.54) is 0 Å². The number of anilines is 3. The van der Waals surface area contributed by atoms with E-state index in [0.717, 1.165) is 23.4 Å². The maximum atomic E-state index is 9.08. The van der Waals surface area contributed by atoms with Gasteiger partial charge in [-0.15, -0.1) is 0 Å². The van der Waals surface area contributed by atoms with Crippen LogP contribution in [0.4, 0.5) is 17.5 Å². The second-order valence-corrected chi connectivity index (χ2v) is 6.10. The molecular formula is C21H21N5. The Morgan fingerprint density at radius 1 is 1.04 bits per heavy atom. The van der Waals surface area contributed by atoms with Gasteiger partial charge in [-0.3, -0.25) is 0 Å². The summed E-state index contributed by atoms with van der Waals surface area (Å²) in [6, 6.07) is 21.7. The summed E-state index contributed by atoms with van der Waals surface area (Å²) in [4.78, 5) is 9.23. The second kappa shape index (κ2) is 8.13. The zero-order valence-electron chi connectivity index (χ0n) is 14.9. The lowest BCUT2D eigenvalue weighted by Crippen LogP contribution is -2.16. The molecule has 1 aromatic heterocycles. The van der Waals surface area contributed by atoms with Crippen molar-refractivity contribution in [3.05, 3.63) is 66.2 Å². The van der Waals surface area contributed by atoms with Gasteiger partial charge in [-0.2, -0.15) is 10.2 Å². The summed E-state index contributed by atoms with van der Waals surface area (Å²) in [7, 11) is 0. The van der Waals surface area contributed by atoms with Crippen LogP contribution in [0.2, 0.25) is 0 Å². The van der Waals surface area contributed by atoms with Crippen LogP contribution in [0.3, 0.4) is 0 Å². The quantitative estimate of drug-likeness (QED) is 0.661. The first kappa shape index (κ1) is 17.4. The Kier molecular flexibility index (Phi) is 5.45. The average Bonchev–Trinajstić information content (AvgIpc) is 2.68. The van der Waals surface area contributed by atoms with Crippen LogP contribution < -0.4 is 10.6 Å². The minimum absolute atomic E-state index is 0.274. The van der Waals surface area contributed by atoms with Crippen LogP contribution in [0, 0.1) is 11.3 Å². The molecule has 0 radical (unpaired) electrons. The Hall–Kier alpha value is -3.39. The molecule has 2 N–H and O–H groups in total. The summed E-state index contributed by atoms with van der Waals surface area (Å²) in [5.74, 6) is 1.26. The van der Waals surface area contributed by atoms with Crippen LogP contribution in [0.15, 0.2) is 60.7 Å². The predicted molar refractivity (Wildman–Crippen MR) is 105 cm³/mol. The third kappa shape index (κ3) is 4.37. The van der Waals surface area contributed by atoms with Crippen molar-refractivity contribution >= 4 is 17.5 Å². The molecular weight excluding hydrogens is 322 g/mol. The molecule has 0 amide bonds. The lowest BCUT2D eigenvalue weighted by Gasteiger charge is -2.14. The minimum atomic E-state index is 0.274. The van der Waals surface area contributed by atoms with Gasteiger partial charge in [0.25, 0.3) is 0 Å². The average molecular weight is 343 g/mol. The zero-order valence-corrected chi connectivity index (χ0v) is 14.9. The van der Waals surface area contributed by atoms with Crippen molar-refractivity contribution < 1.29 is 0 Å². The fourth-order valence-corrected chi connectivity index (χ4v) is 2.47. The fourth-order valence-electron chi connectivity index (χ4n) is 2.47. The Balaban J connectivity index is 1.97. The number of benzene rings is 2. The lowest BCUT2D eigenvalue weighted by atomic mass is 10.1. The molecule has 5 heteroatoms. The molecule has 0 fully saturated rings. The van der Waals surface area contributed by atoms with Crippen molar-refractivity contribution in [2.75, 3.05) is 10.6 Å². The van der Waals surface area contributed by atoms with Gasteiger partial charge in [-0.25, -0.2) is 4.98 Å². The van der Waals surface area contributed by atoms with E-state index in [2.05, 4.69) is 40.5 Å². The van der Waals surface area contributed by atoms with Crippen molar-refractivity contribution in [1.82, 2.24) is 9.97 Å². The lowest BCUT2D eigenvalue weighted by molar-refractivity contribution is 0.753. The van der Waals surface area contributed by atoms with Gasteiger partial charge in [0.15, 0.2) is 0 Å². The van der Waals surface area contributed by atoms with Crippen molar-refractivity contribution in [2.45, 2.75) is 26.3 Å². The topological polar surface area (TPSA) is 73.6 Å². The van der Waals surface area contributed by atoms with Crippen LogP contribution in [0.25, 0.3) is 11.3 Å². The Bertz CT molecular complexity index is 915. The summed E-state index contributed by atoms with van der Waals surface area (Å²) < 4.78 is 0. The molecule has 0 spiro atoms. The highest BCUT2D eigenvalue weighted by atomic mass is 15.2. The van der Waals surface area contributed by atoms with E-state index < -0.39 is 0 Å². The third-order valence-corrected chi connectivity index (χ3v) is 4.05. The maximum Gasteiger partial charge on any atom is 0.225 e. The number of nitrogens with zero attached hydrogens (tertiary/aromatic N) is 3. The Morgan fingerprint density at radius 2 is 1.85 bits per heavy atom. The molecule has 1 heterocycles. The van der Waals surface area contributed by atoms with E-state index in [-0.39, 0.29) is 6.04 Å². The molecule has 0 aliphatic heterocycles. The van der Waals surface area contributed by atoms with Crippen LogP contribution in [-0.2, 0) is 0 Å². The van der Waals surface area contributed by atoms with E-state index in [0.29, 0.717) is 17.3 Å². The standard InChI is InChI=1S/C21H21N5/c1-3-15(2)23-21-25-19(17-9-5-4-6-10-17)13-20(26-21)24-18-11-7-8-16(12-18)14-22/h4-13,15H,3H2,1-2H3,(H2,23,24,25,26). The first-order chi connectivity index (χ1) is 12.7. The number of rotatable bonds is 6. The Labute approximate surface area is 153 Å². The van der Waals surface area contributed by atoms with Gasteiger partial charge in [-0.1, -0.05) is 43.3 Å². The number of hydrogen-bond donors (Lipinski definition) is 2. The largest absolute Gasteiger partial charge is 0.352 e. The number of aromatic nitrogens is 2. The predicted octanol–water partition coefficient (Wildman–Crippen LogP) is 4.97. The highest BCUT2D eigenvalue weighted by Gasteiger charge is 2.09. The summed E-state index contributed by atoms with van der Waals surface area (Å²) in [6.07, 6.45) is 0.978. The van der Waals surface area contributed by atoms with Crippen molar-refractivity contribution in [2.24, 2.45) is 0 Å². The first-order valence-corrected chi connectivity index (χ1v) is 8.66. The van der Waals surface area contributed by atoms with Crippen LogP contribution in [-0.4, -0.2) is 16.0 Å². The van der Waals surface area contributed by atoms with Crippen LogP contribution in [0.1, 0.15) is 25.8 Å². The molecule has 0 saturated heterocycles. The van der Waals surface area contributed by atoms with Crippen LogP contribution in [0.5, 0.6) is 0 Å². The van der Waals surface area contributed by atoms with Crippen LogP contribution >= 0.6 is 0 Å². The fraction of sp³-hybridized carbons (Fsp3) is 0.190. The first-order valence-electron chi connectivity index (χ1n) is 8.66. The number of nitriles is 1. The van der Waals surface area contributed by atoms with Gasteiger partial charge in [0.1, 0.15) is 5.82 Å². The number of hydrogen-bond acceptors (Lipinski definition) is 5. The normalized spacial score (nSPS) is 11.4. The second-order valence-electron chi connectivity index (χ2n) is 6.10. The van der Waals surface area contributed by atoms with Gasteiger partial charge < -0.3 is 10.6 Å². The van der Waals surface area contributed by atoms with Crippen molar-refractivity contribution in [1.29, 1.82) is 5.26 Å². The molecule has 2 aromatic carbocycles. The van der Waals surface area contributed by atoms with E-state index >= 15 is 0 Å². The third-order valence-electron chi connectivity index (χ3n) is 4.05. The Morgan fingerprint density at radius 3 is 2.58 bits per heavy atom. The van der Waals surface area contributed by atoms with E-state index in [1.54, 1.807) is 12.1 Å². The summed E-state index contributed by atoms with van der Waals surface area (Å²) in [5, 5.41) is 15.7. The minimum Gasteiger partial charge on any atom is -0.352 e. The highest BCUT2D eigenvalue weighted by Crippen LogP contribution is 2.24. The van der Waals surface area contributed by atoms with Gasteiger partial charge >= 0.3 is 0 Å². The van der Waals surface area contributed by atoms with Crippen molar-refractivity contribution in [3.63, 3.8) is 0 Å². The molecule has 0 aliphatic carbocycles. The van der Waals surface area contributed by atoms with Gasteiger partial charge in [-0.05, 0) is 31.5 Å². The molecule has 3 aromatic rings. The molecule has 26 heavy (non-hydrogen) atoms. The summed E-state index contributed by atoms with van der Waals surface area (Å²) >= 11 is 0. The molecule has 0 aliphatic rings. The molecule has 130 valence electrons. The molecule has 1 unspecified atom stereocenters. The smallest absolute Gasteiger partial charge is 0.225 e. The monoisotopic (exact) mass is 343 g/mol. The van der Waals surface area contributed by atoms with E-state index in [4.69, 9.17) is 5.26 Å². The van der Waals surface area contributed by atoms with E-state index in [9.17, 15) is 0 Å².